The summed E-state index contributed by atoms with van der Waals surface area (Å²) in [5, 5.41) is 0. The molecule has 1 saturated heterocycles. The van der Waals surface area contributed by atoms with E-state index < -0.39 is 22.8 Å². The molecular formula is C19H27F3N2O5S. The Hall–Kier alpha value is -2.01. The van der Waals surface area contributed by atoms with Crippen LogP contribution in [0.2, 0.25) is 0 Å². The Morgan fingerprint density at radius 1 is 1.27 bits per heavy atom. The monoisotopic (exact) mass is 452 g/mol. The van der Waals surface area contributed by atoms with Gasteiger partial charge in [-0.15, -0.1) is 0 Å². The van der Waals surface area contributed by atoms with E-state index in [2.05, 4.69) is 4.72 Å². The topological polar surface area (TPSA) is 84.9 Å². The molecule has 2 rings (SSSR count). The number of hydrogen-bond donors (Lipinski definition) is 1. The number of halogens is 3. The van der Waals surface area contributed by atoms with Gasteiger partial charge in [-0.25, -0.2) is 13.1 Å². The average Bonchev–Trinajstić information content (AvgIpc) is 2.68. The number of carbonyl (C=O) groups excluding carboxylic acids is 1. The first-order valence-corrected chi connectivity index (χ1v) is 11.5. The summed E-state index contributed by atoms with van der Waals surface area (Å²) in [6, 6.07) is 4.36. The fourth-order valence-corrected chi connectivity index (χ4v) is 3.83. The number of hydrogen-bond acceptors (Lipinski definition) is 5. The van der Waals surface area contributed by atoms with E-state index in [-0.39, 0.29) is 36.4 Å². The number of alkyl halides is 3. The van der Waals surface area contributed by atoms with Gasteiger partial charge in [0.15, 0.2) is 18.1 Å². The molecule has 1 fully saturated rings. The lowest BCUT2D eigenvalue weighted by atomic mass is 10.0. The lowest BCUT2D eigenvalue weighted by Crippen LogP contribution is -2.49. The van der Waals surface area contributed by atoms with Crippen LogP contribution >= 0.6 is 0 Å². The first-order chi connectivity index (χ1) is 14.0. The highest BCUT2D eigenvalue weighted by Crippen LogP contribution is 2.30. The van der Waals surface area contributed by atoms with E-state index in [0.29, 0.717) is 13.0 Å². The molecule has 1 aliphatic rings. The molecule has 1 aromatic rings. The van der Waals surface area contributed by atoms with Crippen LogP contribution in [-0.4, -0.2) is 64.5 Å². The molecule has 1 unspecified atom stereocenters. The standard InChI is InChI=1S/C19H27F3N2O5S/c1-28-17-11-14(6-8-16(17)29-13-19(20,21)22)7-9-18(25)24-10-4-3-5-15(24)12-23-30(2,26)27/h6,8,11,15,23H,3-5,7,9-10,12-13H2,1-2H3. The quantitative estimate of drug-likeness (QED) is 0.622. The number of carbonyl (C=O) groups is 1. The molecule has 11 heteroatoms. The van der Waals surface area contributed by atoms with E-state index in [1.165, 1.54) is 13.2 Å². The molecule has 1 amide bonds. The van der Waals surface area contributed by atoms with Crippen LogP contribution in [-0.2, 0) is 21.2 Å². The maximum atomic E-state index is 12.7. The maximum absolute atomic E-state index is 12.7. The van der Waals surface area contributed by atoms with E-state index in [0.717, 1.165) is 31.1 Å². The van der Waals surface area contributed by atoms with E-state index in [1.54, 1.807) is 17.0 Å². The van der Waals surface area contributed by atoms with Gasteiger partial charge in [0.2, 0.25) is 15.9 Å². The Bertz CT molecular complexity index is 830. The summed E-state index contributed by atoms with van der Waals surface area (Å²) in [6.07, 6.45) is -0.284. The van der Waals surface area contributed by atoms with Gasteiger partial charge >= 0.3 is 6.18 Å². The third kappa shape index (κ3) is 8.02. The Labute approximate surface area is 174 Å². The van der Waals surface area contributed by atoms with Crippen LogP contribution < -0.4 is 14.2 Å². The Kier molecular flexibility index (Phi) is 8.36. The van der Waals surface area contributed by atoms with Crippen molar-refractivity contribution in [2.24, 2.45) is 0 Å². The summed E-state index contributed by atoms with van der Waals surface area (Å²) in [5.41, 5.74) is 0.724. The molecule has 0 bridgehead atoms. The van der Waals surface area contributed by atoms with Gasteiger partial charge in [0.05, 0.1) is 13.4 Å². The lowest BCUT2D eigenvalue weighted by Gasteiger charge is -2.36. The third-order valence-corrected chi connectivity index (χ3v) is 5.47. The van der Waals surface area contributed by atoms with Crippen LogP contribution in [0.15, 0.2) is 18.2 Å². The fraction of sp³-hybridized carbons (Fsp3) is 0.632. The normalized spacial score (nSPS) is 17.6. The number of ether oxygens (including phenoxy) is 2. The molecule has 0 saturated carbocycles. The second-order valence-corrected chi connectivity index (χ2v) is 9.08. The van der Waals surface area contributed by atoms with E-state index in [9.17, 15) is 26.4 Å². The minimum Gasteiger partial charge on any atom is -0.493 e. The number of benzene rings is 1. The highest BCUT2D eigenvalue weighted by molar-refractivity contribution is 7.88. The zero-order valence-corrected chi connectivity index (χ0v) is 17.8. The van der Waals surface area contributed by atoms with Crippen molar-refractivity contribution in [3.05, 3.63) is 23.8 Å². The summed E-state index contributed by atoms with van der Waals surface area (Å²) in [5.74, 6) is 0.0524. The van der Waals surface area contributed by atoms with Crippen molar-refractivity contribution in [2.75, 3.05) is 33.1 Å². The molecule has 1 N–H and O–H groups in total. The molecule has 0 aliphatic carbocycles. The zero-order chi connectivity index (χ0) is 22.4. The second kappa shape index (κ2) is 10.3. The number of amides is 1. The van der Waals surface area contributed by atoms with E-state index in [4.69, 9.17) is 9.47 Å². The summed E-state index contributed by atoms with van der Waals surface area (Å²) in [7, 11) is -2.01. The largest absolute Gasteiger partial charge is 0.493 e. The number of rotatable bonds is 9. The van der Waals surface area contributed by atoms with Gasteiger partial charge < -0.3 is 14.4 Å². The van der Waals surface area contributed by atoms with Crippen molar-refractivity contribution < 1.29 is 35.9 Å². The van der Waals surface area contributed by atoms with Gasteiger partial charge in [-0.1, -0.05) is 6.07 Å². The smallest absolute Gasteiger partial charge is 0.422 e. The highest BCUT2D eigenvalue weighted by Gasteiger charge is 2.29. The zero-order valence-electron chi connectivity index (χ0n) is 17.0. The molecule has 1 aromatic carbocycles. The van der Waals surface area contributed by atoms with Crippen LogP contribution in [0, 0.1) is 0 Å². The van der Waals surface area contributed by atoms with Gasteiger partial charge in [0.25, 0.3) is 0 Å². The molecule has 30 heavy (non-hydrogen) atoms. The number of piperidine rings is 1. The molecule has 1 aliphatic heterocycles. The third-order valence-electron chi connectivity index (χ3n) is 4.78. The second-order valence-electron chi connectivity index (χ2n) is 7.25. The predicted octanol–water partition coefficient (Wildman–Crippen LogP) is 2.50. The Morgan fingerprint density at radius 2 is 2.00 bits per heavy atom. The average molecular weight is 452 g/mol. The number of nitrogens with one attached hydrogen (secondary N) is 1. The highest BCUT2D eigenvalue weighted by atomic mass is 32.2. The summed E-state index contributed by atoms with van der Waals surface area (Å²) < 4.78 is 72.1. The van der Waals surface area contributed by atoms with Crippen molar-refractivity contribution in [2.45, 2.75) is 44.3 Å². The molecule has 1 heterocycles. The number of likely N-dealkylation sites (tertiary alicyclic amines) is 1. The van der Waals surface area contributed by atoms with Gasteiger partial charge in [0.1, 0.15) is 0 Å². The van der Waals surface area contributed by atoms with E-state index >= 15 is 0 Å². The van der Waals surface area contributed by atoms with Crippen LogP contribution in [0.3, 0.4) is 0 Å². The molecule has 1 atom stereocenters. The number of sulfonamides is 1. The Balaban J connectivity index is 1.96. The van der Waals surface area contributed by atoms with Crippen LogP contribution in [0.1, 0.15) is 31.2 Å². The summed E-state index contributed by atoms with van der Waals surface area (Å²) >= 11 is 0. The molecule has 0 aromatic heterocycles. The van der Waals surface area contributed by atoms with Crippen molar-refractivity contribution in [1.82, 2.24) is 9.62 Å². The summed E-state index contributed by atoms with van der Waals surface area (Å²) in [4.78, 5) is 14.4. The molecule has 0 radical (unpaired) electrons. The number of nitrogens with zero attached hydrogens (tertiary/aromatic N) is 1. The molecule has 170 valence electrons. The van der Waals surface area contributed by atoms with Crippen LogP contribution in [0.25, 0.3) is 0 Å². The molecule has 7 nitrogen and oxygen atoms in total. The molecular weight excluding hydrogens is 425 g/mol. The van der Waals surface area contributed by atoms with Crippen molar-refractivity contribution in [3.8, 4) is 11.5 Å². The van der Waals surface area contributed by atoms with Crippen molar-refractivity contribution in [3.63, 3.8) is 0 Å². The lowest BCUT2D eigenvalue weighted by molar-refractivity contribution is -0.153. The fourth-order valence-electron chi connectivity index (χ4n) is 3.33. The van der Waals surface area contributed by atoms with Gasteiger partial charge in [-0.05, 0) is 43.4 Å². The van der Waals surface area contributed by atoms with Gasteiger partial charge in [-0.2, -0.15) is 13.2 Å². The maximum Gasteiger partial charge on any atom is 0.422 e. The Morgan fingerprint density at radius 3 is 2.63 bits per heavy atom. The number of methoxy groups -OCH3 is 1. The van der Waals surface area contributed by atoms with Gasteiger partial charge in [-0.3, -0.25) is 4.79 Å². The minimum atomic E-state index is -4.45. The SMILES string of the molecule is COc1cc(CCC(=O)N2CCCCC2CNS(C)(=O)=O)ccc1OCC(F)(F)F. The number of aryl methyl sites for hydroxylation is 1. The van der Waals surface area contributed by atoms with Crippen molar-refractivity contribution in [1.29, 1.82) is 0 Å². The van der Waals surface area contributed by atoms with Crippen LogP contribution in [0.5, 0.6) is 11.5 Å². The van der Waals surface area contributed by atoms with Crippen molar-refractivity contribution >= 4 is 15.9 Å². The minimum absolute atomic E-state index is 0.0205. The first-order valence-electron chi connectivity index (χ1n) is 9.59. The van der Waals surface area contributed by atoms with Gasteiger partial charge in [0, 0.05) is 25.6 Å². The summed E-state index contributed by atoms with van der Waals surface area (Å²) in [6.45, 7) is -0.662. The first kappa shape index (κ1) is 24.3. The predicted molar refractivity (Wildman–Crippen MR) is 105 cm³/mol. The van der Waals surface area contributed by atoms with E-state index in [1.807, 2.05) is 0 Å². The van der Waals surface area contributed by atoms with Crippen LogP contribution in [0.4, 0.5) is 13.2 Å². The molecule has 0 spiro atoms.